The highest BCUT2D eigenvalue weighted by Gasteiger charge is 1.99. The summed E-state index contributed by atoms with van der Waals surface area (Å²) < 4.78 is 5.75. The first-order valence-electron chi connectivity index (χ1n) is 7.09. The molecule has 1 aromatic heterocycles. The Kier molecular flexibility index (Phi) is 4.32. The summed E-state index contributed by atoms with van der Waals surface area (Å²) in [6.07, 6.45) is 5.52. The number of nitrogens with one attached hydrogen (secondary N) is 1. The fourth-order valence-electron chi connectivity index (χ4n) is 2.19. The number of aromatic nitrogens is 2. The van der Waals surface area contributed by atoms with E-state index in [1.165, 1.54) is 11.1 Å². The zero-order chi connectivity index (χ0) is 14.3. The average molecular weight is 277 g/mol. The van der Waals surface area contributed by atoms with Crippen LogP contribution in [0.5, 0.6) is 5.75 Å². The van der Waals surface area contributed by atoms with E-state index >= 15 is 0 Å². The standard InChI is InChI=1S/C18H17N2O/c1-2-5-15(6-3-1)16-8-10-18(11-9-16)21-12-4-7-17-13-19-14-20-17/h2-3,5-6,8-11,13-14H,4,7,12H2,(H,19,20). The number of rotatable bonds is 6. The summed E-state index contributed by atoms with van der Waals surface area (Å²) in [6.45, 7) is 0.701. The molecule has 0 spiro atoms. The van der Waals surface area contributed by atoms with E-state index in [2.05, 4.69) is 40.3 Å². The number of aromatic amines is 1. The van der Waals surface area contributed by atoms with E-state index in [4.69, 9.17) is 4.74 Å². The minimum atomic E-state index is 0.701. The quantitative estimate of drug-likeness (QED) is 0.694. The van der Waals surface area contributed by atoms with E-state index in [-0.39, 0.29) is 0 Å². The summed E-state index contributed by atoms with van der Waals surface area (Å²) in [4.78, 5) is 7.15. The van der Waals surface area contributed by atoms with Crippen LogP contribution in [-0.4, -0.2) is 16.6 Å². The van der Waals surface area contributed by atoms with Gasteiger partial charge in [-0.05, 0) is 42.2 Å². The Morgan fingerprint density at radius 1 is 1.00 bits per heavy atom. The lowest BCUT2D eigenvalue weighted by Crippen LogP contribution is -1.99. The number of hydrogen-bond donors (Lipinski definition) is 1. The van der Waals surface area contributed by atoms with Gasteiger partial charge in [0.15, 0.2) is 0 Å². The number of imidazole rings is 1. The van der Waals surface area contributed by atoms with Crippen LogP contribution in [0, 0.1) is 6.07 Å². The fraction of sp³-hybridized carbons (Fsp3) is 0.167. The van der Waals surface area contributed by atoms with Crippen LogP contribution in [0.4, 0.5) is 0 Å². The Labute approximate surface area is 124 Å². The summed E-state index contributed by atoms with van der Waals surface area (Å²) in [5.41, 5.74) is 3.46. The molecule has 0 saturated carbocycles. The van der Waals surface area contributed by atoms with Crippen LogP contribution < -0.4 is 4.74 Å². The predicted molar refractivity (Wildman–Crippen MR) is 83.1 cm³/mol. The third-order valence-corrected chi connectivity index (χ3v) is 3.31. The second kappa shape index (κ2) is 6.75. The van der Waals surface area contributed by atoms with Gasteiger partial charge in [-0.3, -0.25) is 0 Å². The van der Waals surface area contributed by atoms with Gasteiger partial charge in [-0.25, -0.2) is 4.98 Å². The van der Waals surface area contributed by atoms with Gasteiger partial charge >= 0.3 is 0 Å². The molecule has 0 atom stereocenters. The molecule has 3 nitrogen and oxygen atoms in total. The number of hydrogen-bond acceptors (Lipinski definition) is 2. The maximum absolute atomic E-state index is 5.75. The molecule has 0 aliphatic heterocycles. The normalized spacial score (nSPS) is 10.5. The number of ether oxygens (including phenoxy) is 1. The van der Waals surface area contributed by atoms with Gasteiger partial charge < -0.3 is 9.72 Å². The van der Waals surface area contributed by atoms with Gasteiger partial charge in [0.2, 0.25) is 0 Å². The molecule has 21 heavy (non-hydrogen) atoms. The zero-order valence-electron chi connectivity index (χ0n) is 11.8. The topological polar surface area (TPSA) is 37.9 Å². The Morgan fingerprint density at radius 3 is 2.48 bits per heavy atom. The maximum atomic E-state index is 5.75. The summed E-state index contributed by atoms with van der Waals surface area (Å²) in [5, 5.41) is 0. The summed E-state index contributed by atoms with van der Waals surface area (Å²) in [7, 11) is 0. The van der Waals surface area contributed by atoms with Crippen molar-refractivity contribution in [1.29, 1.82) is 0 Å². The molecular formula is C18H17N2O. The van der Waals surface area contributed by atoms with Crippen LogP contribution in [0.15, 0.2) is 61.1 Å². The number of H-pyrrole nitrogens is 1. The second-order valence-electron chi connectivity index (χ2n) is 4.83. The van der Waals surface area contributed by atoms with Crippen molar-refractivity contribution in [3.8, 4) is 16.9 Å². The largest absolute Gasteiger partial charge is 0.494 e. The van der Waals surface area contributed by atoms with Crippen LogP contribution in [0.25, 0.3) is 11.1 Å². The minimum Gasteiger partial charge on any atom is -0.494 e. The summed E-state index contributed by atoms with van der Waals surface area (Å²) in [5.74, 6) is 0.906. The van der Waals surface area contributed by atoms with Crippen molar-refractivity contribution >= 4 is 0 Å². The highest BCUT2D eigenvalue weighted by molar-refractivity contribution is 5.63. The monoisotopic (exact) mass is 277 g/mol. The molecule has 1 radical (unpaired) electrons. The van der Waals surface area contributed by atoms with Crippen molar-refractivity contribution < 1.29 is 4.74 Å². The highest BCUT2D eigenvalue weighted by atomic mass is 16.5. The van der Waals surface area contributed by atoms with Gasteiger partial charge in [0, 0.05) is 6.20 Å². The van der Waals surface area contributed by atoms with Crippen molar-refractivity contribution in [2.75, 3.05) is 6.61 Å². The molecule has 3 aromatic rings. The van der Waals surface area contributed by atoms with Gasteiger partial charge in [0.1, 0.15) is 5.75 Å². The van der Waals surface area contributed by atoms with E-state index in [1.807, 2.05) is 30.5 Å². The molecule has 0 amide bonds. The molecule has 0 fully saturated rings. The van der Waals surface area contributed by atoms with Gasteiger partial charge in [0.05, 0.1) is 18.6 Å². The fourth-order valence-corrected chi connectivity index (χ4v) is 2.19. The summed E-state index contributed by atoms with van der Waals surface area (Å²) >= 11 is 0. The molecule has 0 bridgehead atoms. The van der Waals surface area contributed by atoms with E-state index in [1.54, 1.807) is 6.33 Å². The summed E-state index contributed by atoms with van der Waals surface area (Å²) in [6, 6.07) is 19.2. The lowest BCUT2D eigenvalue weighted by Gasteiger charge is -2.07. The Hall–Kier alpha value is -2.55. The van der Waals surface area contributed by atoms with Crippen molar-refractivity contribution in [2.24, 2.45) is 0 Å². The molecule has 0 saturated heterocycles. The third-order valence-electron chi connectivity index (χ3n) is 3.31. The molecular weight excluding hydrogens is 260 g/mol. The first-order valence-corrected chi connectivity index (χ1v) is 7.09. The Balaban J connectivity index is 1.50. The van der Waals surface area contributed by atoms with Crippen molar-refractivity contribution in [3.63, 3.8) is 0 Å². The van der Waals surface area contributed by atoms with Crippen LogP contribution in [0.2, 0.25) is 0 Å². The van der Waals surface area contributed by atoms with E-state index < -0.39 is 0 Å². The Morgan fingerprint density at radius 2 is 1.76 bits per heavy atom. The van der Waals surface area contributed by atoms with Crippen molar-refractivity contribution in [2.45, 2.75) is 12.8 Å². The molecule has 3 heteroatoms. The lowest BCUT2D eigenvalue weighted by molar-refractivity contribution is 0.310. The zero-order valence-corrected chi connectivity index (χ0v) is 11.8. The van der Waals surface area contributed by atoms with E-state index in [9.17, 15) is 0 Å². The number of aryl methyl sites for hydroxylation is 1. The van der Waals surface area contributed by atoms with Crippen LogP contribution in [0.1, 0.15) is 12.1 Å². The lowest BCUT2D eigenvalue weighted by atomic mass is 10.1. The molecule has 0 unspecified atom stereocenters. The molecule has 1 N–H and O–H groups in total. The Bertz CT molecular complexity index is 645. The SMILES string of the molecule is [c]1ccc(-c2ccc(OCCCc3c[nH]cn3)cc2)cc1. The van der Waals surface area contributed by atoms with Crippen molar-refractivity contribution in [1.82, 2.24) is 9.97 Å². The van der Waals surface area contributed by atoms with Gasteiger partial charge in [-0.15, -0.1) is 0 Å². The number of benzene rings is 2. The van der Waals surface area contributed by atoms with Gasteiger partial charge in [-0.1, -0.05) is 36.4 Å². The third kappa shape index (κ3) is 3.72. The van der Waals surface area contributed by atoms with Crippen molar-refractivity contribution in [3.05, 3.63) is 72.8 Å². The first-order chi connectivity index (χ1) is 10.4. The average Bonchev–Trinajstić information content (AvgIpc) is 3.06. The number of nitrogens with zero attached hydrogens (tertiary/aromatic N) is 1. The predicted octanol–water partition coefficient (Wildman–Crippen LogP) is 3.89. The van der Waals surface area contributed by atoms with Gasteiger partial charge in [-0.2, -0.15) is 0 Å². The second-order valence-corrected chi connectivity index (χ2v) is 4.83. The molecule has 2 aromatic carbocycles. The molecule has 0 aliphatic rings. The highest BCUT2D eigenvalue weighted by Crippen LogP contribution is 2.22. The van der Waals surface area contributed by atoms with E-state index in [0.29, 0.717) is 6.61 Å². The molecule has 3 rings (SSSR count). The van der Waals surface area contributed by atoms with Crippen LogP contribution in [0.3, 0.4) is 0 Å². The first kappa shape index (κ1) is 13.4. The van der Waals surface area contributed by atoms with Crippen LogP contribution in [-0.2, 0) is 6.42 Å². The molecule has 1 heterocycles. The minimum absolute atomic E-state index is 0.701. The van der Waals surface area contributed by atoms with Crippen LogP contribution >= 0.6 is 0 Å². The molecule has 0 aliphatic carbocycles. The maximum Gasteiger partial charge on any atom is 0.119 e. The van der Waals surface area contributed by atoms with E-state index in [0.717, 1.165) is 24.3 Å². The molecule has 105 valence electrons. The smallest absolute Gasteiger partial charge is 0.119 e. The van der Waals surface area contributed by atoms with Gasteiger partial charge in [0.25, 0.3) is 0 Å².